The van der Waals surface area contributed by atoms with E-state index in [0.717, 1.165) is 93.5 Å². The molecule has 2 aromatic rings. The molecule has 0 atom stereocenters. The summed E-state index contributed by atoms with van der Waals surface area (Å²) in [5, 5.41) is 6.82. The summed E-state index contributed by atoms with van der Waals surface area (Å²) in [6, 6.07) is 8.69. The summed E-state index contributed by atoms with van der Waals surface area (Å²) in [4.78, 5) is 4.65. The second-order valence-corrected chi connectivity index (χ2v) is 9.23. The molecule has 0 unspecified atom stereocenters. The molecule has 0 aliphatic carbocycles. The zero-order valence-electron chi connectivity index (χ0n) is 21.7. The van der Waals surface area contributed by atoms with Crippen molar-refractivity contribution in [3.05, 3.63) is 71.1 Å². The van der Waals surface area contributed by atoms with Crippen molar-refractivity contribution in [1.29, 1.82) is 0 Å². The van der Waals surface area contributed by atoms with E-state index in [9.17, 15) is 0 Å². The van der Waals surface area contributed by atoms with Crippen molar-refractivity contribution >= 4 is 17.0 Å². The highest BCUT2D eigenvalue weighted by Crippen LogP contribution is 2.49. The maximum absolute atomic E-state index is 6.29. The smallest absolute Gasteiger partial charge is 0.128 e. The molecular formula is C30H37N3O2. The van der Waals surface area contributed by atoms with Crippen molar-refractivity contribution in [3.63, 3.8) is 0 Å². The van der Waals surface area contributed by atoms with Crippen molar-refractivity contribution in [2.75, 3.05) is 13.1 Å². The minimum absolute atomic E-state index is 0.518. The van der Waals surface area contributed by atoms with Crippen LogP contribution in [0.4, 0.5) is 0 Å². The zero-order chi connectivity index (χ0) is 24.9. The van der Waals surface area contributed by atoms with E-state index in [1.54, 1.807) is 0 Å². The van der Waals surface area contributed by atoms with Crippen LogP contribution in [-0.2, 0) is 13.2 Å². The molecule has 0 saturated heterocycles. The summed E-state index contributed by atoms with van der Waals surface area (Å²) in [6.07, 6.45) is 6.02. The molecule has 35 heavy (non-hydrogen) atoms. The summed E-state index contributed by atoms with van der Waals surface area (Å²) in [5.74, 6) is 1.83. The number of benzene rings is 2. The lowest BCUT2D eigenvalue weighted by Gasteiger charge is -2.31. The maximum Gasteiger partial charge on any atom is 0.128 e. The van der Waals surface area contributed by atoms with Crippen molar-refractivity contribution < 1.29 is 9.47 Å². The molecule has 4 rings (SSSR count). The Balaban J connectivity index is 1.65. The number of hydrogen-bond donors (Lipinski definition) is 2. The lowest BCUT2D eigenvalue weighted by atomic mass is 9.87. The molecule has 0 aromatic heterocycles. The third-order valence-corrected chi connectivity index (χ3v) is 6.46. The van der Waals surface area contributed by atoms with E-state index in [1.807, 2.05) is 13.1 Å². The number of ether oxygens (including phenoxy) is 2. The highest BCUT2D eigenvalue weighted by atomic mass is 16.5. The Hall–Kier alpha value is -3.31. The third kappa shape index (κ3) is 5.35. The number of allylic oxidation sites excluding steroid dienone is 3. The van der Waals surface area contributed by atoms with Crippen LogP contribution in [0.3, 0.4) is 0 Å². The average Bonchev–Trinajstić information content (AvgIpc) is 2.88. The molecule has 0 amide bonds. The van der Waals surface area contributed by atoms with Gasteiger partial charge in [0.25, 0.3) is 0 Å². The Morgan fingerprint density at radius 3 is 2.23 bits per heavy atom. The lowest BCUT2D eigenvalue weighted by molar-refractivity contribution is 0.277. The monoisotopic (exact) mass is 471 g/mol. The second-order valence-electron chi connectivity index (χ2n) is 9.23. The molecule has 0 saturated carbocycles. The molecule has 184 valence electrons. The fourth-order valence-corrected chi connectivity index (χ4v) is 4.43. The fourth-order valence-electron chi connectivity index (χ4n) is 4.43. The molecular weight excluding hydrogens is 434 g/mol. The van der Waals surface area contributed by atoms with Crippen molar-refractivity contribution in [1.82, 2.24) is 10.6 Å². The Labute approximate surface area is 209 Å². The number of hydrogen-bond acceptors (Lipinski definition) is 5. The van der Waals surface area contributed by atoms with Crippen LogP contribution in [0.2, 0.25) is 0 Å². The van der Waals surface area contributed by atoms with Crippen LogP contribution in [0.15, 0.2) is 53.8 Å². The van der Waals surface area contributed by atoms with Gasteiger partial charge in [-0.2, -0.15) is 0 Å². The van der Waals surface area contributed by atoms with E-state index in [2.05, 4.69) is 80.2 Å². The van der Waals surface area contributed by atoms with E-state index < -0.39 is 0 Å². The summed E-state index contributed by atoms with van der Waals surface area (Å²) < 4.78 is 12.6. The summed E-state index contributed by atoms with van der Waals surface area (Å²) in [7, 11) is 0. The van der Waals surface area contributed by atoms with Gasteiger partial charge in [-0.1, -0.05) is 26.5 Å². The van der Waals surface area contributed by atoms with Crippen molar-refractivity contribution in [2.45, 2.75) is 60.7 Å². The van der Waals surface area contributed by atoms with Crippen LogP contribution in [0.5, 0.6) is 11.5 Å². The molecule has 2 N–H and O–H groups in total. The highest BCUT2D eigenvalue weighted by molar-refractivity contribution is 5.88. The Morgan fingerprint density at radius 1 is 1.00 bits per heavy atom. The topological polar surface area (TPSA) is 54.9 Å². The number of nitrogens with one attached hydrogen (secondary N) is 2. The lowest BCUT2D eigenvalue weighted by Crippen LogP contribution is -2.21. The Bertz CT molecular complexity index is 1170. The fraction of sp³-hybridized carbons (Fsp3) is 0.367. The van der Waals surface area contributed by atoms with Crippen LogP contribution in [-0.4, -0.2) is 18.8 Å². The number of nitrogens with zero attached hydrogens (tertiary/aromatic N) is 1. The van der Waals surface area contributed by atoms with Crippen LogP contribution < -0.4 is 20.1 Å². The van der Waals surface area contributed by atoms with E-state index in [1.165, 1.54) is 0 Å². The van der Waals surface area contributed by atoms with E-state index in [4.69, 9.17) is 9.47 Å². The maximum atomic E-state index is 6.29. The van der Waals surface area contributed by atoms with E-state index in [0.29, 0.717) is 13.2 Å². The quantitative estimate of drug-likeness (QED) is 0.294. The van der Waals surface area contributed by atoms with Gasteiger partial charge in [0.05, 0.1) is 0 Å². The molecule has 0 bridgehead atoms. The SMILES string of the molecule is C=C(CC)N/C(=C\C)c1cc2c3c(c1)OCc1cc(/C(C)=C/N=C(C)CNCCC)cc(c1-3)OC2. The minimum Gasteiger partial charge on any atom is -0.488 e. The molecule has 2 heterocycles. The molecule has 0 radical (unpaired) electrons. The van der Waals surface area contributed by atoms with Gasteiger partial charge in [-0.3, -0.25) is 4.99 Å². The first-order valence-electron chi connectivity index (χ1n) is 12.6. The average molecular weight is 472 g/mol. The summed E-state index contributed by atoms with van der Waals surface area (Å²) in [5.41, 5.74) is 11.0. The standard InChI is InChI=1S/C30H37N3O2/c1-7-10-31-16-21(6)32-15-19(4)22-11-24-17-35-28-14-23(26(9-3)33-20(5)8-2)12-25-18-34-27(13-22)29(24)30(25)28/h9,11-15,31,33H,5,7-8,10,16-18H2,1-4,6H3/b19-15+,26-9-,32-21?. The van der Waals surface area contributed by atoms with Gasteiger partial charge in [0, 0.05) is 57.7 Å². The van der Waals surface area contributed by atoms with Gasteiger partial charge in [0.1, 0.15) is 24.7 Å². The summed E-state index contributed by atoms with van der Waals surface area (Å²) >= 11 is 0. The second kappa shape index (κ2) is 11.0. The van der Waals surface area contributed by atoms with Gasteiger partial charge in [0.2, 0.25) is 0 Å². The van der Waals surface area contributed by atoms with Gasteiger partial charge >= 0.3 is 0 Å². The first-order chi connectivity index (χ1) is 16.9. The zero-order valence-corrected chi connectivity index (χ0v) is 21.7. The molecule has 0 fully saturated rings. The van der Waals surface area contributed by atoms with E-state index >= 15 is 0 Å². The van der Waals surface area contributed by atoms with Gasteiger partial charge in [-0.25, -0.2) is 0 Å². The minimum atomic E-state index is 0.518. The predicted octanol–water partition coefficient (Wildman–Crippen LogP) is 6.83. The Kier molecular flexibility index (Phi) is 7.76. The highest BCUT2D eigenvalue weighted by Gasteiger charge is 2.29. The first-order valence-corrected chi connectivity index (χ1v) is 12.6. The number of aliphatic imine (C=N–C) groups is 1. The summed E-state index contributed by atoms with van der Waals surface area (Å²) in [6.45, 7) is 17.4. The molecule has 2 aliphatic rings. The van der Waals surface area contributed by atoms with Crippen LogP contribution >= 0.6 is 0 Å². The van der Waals surface area contributed by atoms with Gasteiger partial charge in [0.15, 0.2) is 0 Å². The predicted molar refractivity (Wildman–Crippen MR) is 147 cm³/mol. The molecule has 2 aliphatic heterocycles. The first kappa shape index (κ1) is 24.8. The number of rotatable bonds is 10. The van der Waals surface area contributed by atoms with Crippen LogP contribution in [0.25, 0.3) is 22.4 Å². The van der Waals surface area contributed by atoms with Crippen molar-refractivity contribution in [3.8, 4) is 22.6 Å². The molecule has 0 spiro atoms. The largest absolute Gasteiger partial charge is 0.488 e. The normalized spacial score (nSPS) is 14.7. The molecule has 5 nitrogen and oxygen atoms in total. The van der Waals surface area contributed by atoms with Gasteiger partial charge in [-0.15, -0.1) is 0 Å². The Morgan fingerprint density at radius 2 is 1.63 bits per heavy atom. The van der Waals surface area contributed by atoms with Gasteiger partial charge < -0.3 is 20.1 Å². The molecule has 2 aromatic carbocycles. The van der Waals surface area contributed by atoms with Crippen LogP contribution in [0.1, 0.15) is 69.7 Å². The van der Waals surface area contributed by atoms with Gasteiger partial charge in [-0.05, 0) is 75.6 Å². The third-order valence-electron chi connectivity index (χ3n) is 6.46. The van der Waals surface area contributed by atoms with Crippen LogP contribution in [0, 0.1) is 0 Å². The van der Waals surface area contributed by atoms with Crippen molar-refractivity contribution in [2.24, 2.45) is 4.99 Å². The molecule has 5 heteroatoms. The van der Waals surface area contributed by atoms with E-state index in [-0.39, 0.29) is 0 Å².